The molecule has 12 heteroatoms. The van der Waals surface area contributed by atoms with Crippen molar-refractivity contribution in [1.82, 2.24) is 24.5 Å². The Labute approximate surface area is 284 Å². The van der Waals surface area contributed by atoms with Gasteiger partial charge in [-0.2, -0.15) is 4.31 Å². The lowest BCUT2D eigenvalue weighted by Crippen LogP contribution is -2.64. The van der Waals surface area contributed by atoms with Crippen molar-refractivity contribution < 1.29 is 27.5 Å². The summed E-state index contributed by atoms with van der Waals surface area (Å²) in [5.41, 5.74) is 5.41. The molecule has 0 aliphatic carbocycles. The van der Waals surface area contributed by atoms with E-state index in [9.17, 15) is 18.0 Å². The van der Waals surface area contributed by atoms with Crippen molar-refractivity contribution >= 4 is 21.8 Å². The van der Waals surface area contributed by atoms with Crippen molar-refractivity contribution in [3.8, 4) is 11.5 Å². The maximum atomic E-state index is 14.1. The summed E-state index contributed by atoms with van der Waals surface area (Å²) >= 11 is 0. The second-order valence-electron chi connectivity index (χ2n) is 12.2. The summed E-state index contributed by atoms with van der Waals surface area (Å²) in [6.45, 7) is 4.75. The lowest BCUT2D eigenvalue weighted by atomic mass is 9.96. The summed E-state index contributed by atoms with van der Waals surface area (Å²) in [7, 11) is -1.22. The molecule has 0 spiro atoms. The average molecular weight is 678 g/mol. The molecule has 1 unspecified atom stereocenters. The van der Waals surface area contributed by atoms with Gasteiger partial charge in [-0.1, -0.05) is 80.4 Å². The first-order chi connectivity index (χ1) is 23.3. The van der Waals surface area contributed by atoms with Crippen LogP contribution >= 0.6 is 0 Å². The maximum absolute atomic E-state index is 14.1. The molecule has 1 atom stereocenters. The van der Waals surface area contributed by atoms with E-state index in [1.807, 2.05) is 41.4 Å². The van der Waals surface area contributed by atoms with E-state index in [-0.39, 0.29) is 42.2 Å². The first-order valence-electron chi connectivity index (χ1n) is 16.7. The number of carbonyl (C=O) groups is 2. The van der Waals surface area contributed by atoms with Crippen molar-refractivity contribution in [1.29, 1.82) is 0 Å². The van der Waals surface area contributed by atoms with Gasteiger partial charge in [-0.25, -0.2) is 13.4 Å². The highest BCUT2D eigenvalue weighted by atomic mass is 32.2. The highest BCUT2D eigenvalue weighted by Crippen LogP contribution is 2.32. The zero-order valence-corrected chi connectivity index (χ0v) is 28.9. The van der Waals surface area contributed by atoms with E-state index in [0.29, 0.717) is 38.3 Å². The van der Waals surface area contributed by atoms with Gasteiger partial charge in [-0.05, 0) is 29.7 Å². The number of ether oxygens (including phenoxy) is 2. The lowest BCUT2D eigenvalue weighted by molar-refractivity contribution is -0.138. The van der Waals surface area contributed by atoms with E-state index in [1.54, 1.807) is 4.90 Å². The number of nitrogens with one attached hydrogen (secondary N) is 1. The summed E-state index contributed by atoms with van der Waals surface area (Å²) in [6, 6.07) is 24.1. The molecule has 11 nitrogen and oxygen atoms in total. The standard InChI is InChI=1S/C36H47N5O6S/c1-4-5-8-17-34(42)39-22-25-41(48(44,45)30-18-19-32(46-2)33(26-30)47-3)31(27-39)36(43)37-40-23-20-38(21-24-40)35(28-13-9-6-10-14-28)29-15-11-7-12-16-29/h6-7,9-16,18-19,26,31,35H,4-5,8,17,20-25,27H2,1-3H3,(H,37,43). The van der Waals surface area contributed by atoms with Crippen molar-refractivity contribution in [2.45, 2.75) is 49.6 Å². The van der Waals surface area contributed by atoms with Crippen LogP contribution in [-0.2, 0) is 19.6 Å². The van der Waals surface area contributed by atoms with E-state index in [2.05, 4.69) is 41.5 Å². The van der Waals surface area contributed by atoms with Crippen LogP contribution in [-0.4, -0.2) is 105 Å². The van der Waals surface area contributed by atoms with Gasteiger partial charge in [0.05, 0.1) is 25.2 Å². The van der Waals surface area contributed by atoms with Gasteiger partial charge in [-0.15, -0.1) is 0 Å². The number of sulfonamides is 1. The fourth-order valence-corrected chi connectivity index (χ4v) is 8.08. The smallest absolute Gasteiger partial charge is 0.254 e. The zero-order valence-electron chi connectivity index (χ0n) is 28.1. The molecule has 258 valence electrons. The molecule has 2 heterocycles. The van der Waals surface area contributed by atoms with E-state index in [4.69, 9.17) is 9.47 Å². The summed E-state index contributed by atoms with van der Waals surface area (Å²) in [4.78, 5) is 31.2. The van der Waals surface area contributed by atoms with Crippen LogP contribution in [0.15, 0.2) is 83.8 Å². The van der Waals surface area contributed by atoms with Crippen LogP contribution in [0, 0.1) is 0 Å². The number of piperazine rings is 2. The van der Waals surface area contributed by atoms with E-state index < -0.39 is 22.0 Å². The number of hydrogen-bond donors (Lipinski definition) is 1. The summed E-state index contributed by atoms with van der Waals surface area (Å²) in [6.07, 6.45) is 3.05. The molecule has 2 aliphatic rings. The van der Waals surface area contributed by atoms with Crippen molar-refractivity contribution in [3.63, 3.8) is 0 Å². The number of unbranched alkanes of at least 4 members (excludes halogenated alkanes) is 2. The van der Waals surface area contributed by atoms with Crippen LogP contribution in [0.5, 0.6) is 11.5 Å². The highest BCUT2D eigenvalue weighted by molar-refractivity contribution is 7.89. The number of hydrazine groups is 1. The highest BCUT2D eigenvalue weighted by Gasteiger charge is 2.42. The van der Waals surface area contributed by atoms with Gasteiger partial charge in [0.25, 0.3) is 5.91 Å². The van der Waals surface area contributed by atoms with Crippen LogP contribution < -0.4 is 14.9 Å². The van der Waals surface area contributed by atoms with Crippen LogP contribution in [0.25, 0.3) is 0 Å². The minimum atomic E-state index is -4.13. The topological polar surface area (TPSA) is 112 Å². The van der Waals surface area contributed by atoms with Gasteiger partial charge in [0, 0.05) is 58.3 Å². The Morgan fingerprint density at radius 3 is 2.02 bits per heavy atom. The van der Waals surface area contributed by atoms with E-state index >= 15 is 0 Å². The van der Waals surface area contributed by atoms with Gasteiger partial charge in [-0.3, -0.25) is 19.9 Å². The minimum Gasteiger partial charge on any atom is -0.493 e. The molecule has 3 aromatic rings. The fraction of sp³-hybridized carbons (Fsp3) is 0.444. The summed E-state index contributed by atoms with van der Waals surface area (Å²) < 4.78 is 40.0. The first-order valence-corrected chi connectivity index (χ1v) is 18.1. The lowest BCUT2D eigenvalue weighted by Gasteiger charge is -2.42. The Hall–Kier alpha value is -3.97. The molecule has 2 saturated heterocycles. The van der Waals surface area contributed by atoms with E-state index in [1.165, 1.54) is 47.9 Å². The number of benzene rings is 3. The van der Waals surface area contributed by atoms with E-state index in [0.717, 1.165) is 19.3 Å². The second-order valence-corrected chi connectivity index (χ2v) is 14.1. The molecule has 0 bridgehead atoms. The molecule has 0 saturated carbocycles. The number of nitrogens with zero attached hydrogens (tertiary/aromatic N) is 4. The third-order valence-corrected chi connectivity index (χ3v) is 11.0. The van der Waals surface area contributed by atoms with Crippen molar-refractivity contribution in [2.75, 3.05) is 60.0 Å². The van der Waals surface area contributed by atoms with Gasteiger partial charge in [0.2, 0.25) is 15.9 Å². The Bertz CT molecular complexity index is 1580. The molecule has 2 aliphatic heterocycles. The molecule has 2 amide bonds. The minimum absolute atomic E-state index is 0.00209. The number of methoxy groups -OCH3 is 2. The third-order valence-electron chi connectivity index (χ3n) is 9.12. The van der Waals surface area contributed by atoms with Crippen LogP contribution in [0.1, 0.15) is 49.8 Å². The first kappa shape index (κ1) is 35.3. The largest absolute Gasteiger partial charge is 0.493 e. The quantitative estimate of drug-likeness (QED) is 0.271. The van der Waals surface area contributed by atoms with Gasteiger partial charge in [0.15, 0.2) is 11.5 Å². The normalized spacial score (nSPS) is 18.1. The Morgan fingerprint density at radius 2 is 1.44 bits per heavy atom. The predicted molar refractivity (Wildman–Crippen MR) is 184 cm³/mol. The fourth-order valence-electron chi connectivity index (χ4n) is 6.50. The summed E-state index contributed by atoms with van der Waals surface area (Å²) in [5, 5.41) is 1.86. The van der Waals surface area contributed by atoms with Crippen LogP contribution in [0.4, 0.5) is 0 Å². The SMILES string of the molecule is CCCCCC(=O)N1CCN(S(=O)(=O)c2ccc(OC)c(OC)c2)C(C(=O)NN2CCN(C(c3ccccc3)c3ccccc3)CC2)C1. The second kappa shape index (κ2) is 16.4. The molecular weight excluding hydrogens is 630 g/mol. The van der Waals surface area contributed by atoms with Gasteiger partial charge < -0.3 is 14.4 Å². The van der Waals surface area contributed by atoms with Crippen LogP contribution in [0.2, 0.25) is 0 Å². The Morgan fingerprint density at radius 1 is 0.812 bits per heavy atom. The number of amides is 2. The molecule has 48 heavy (non-hydrogen) atoms. The molecule has 5 rings (SSSR count). The van der Waals surface area contributed by atoms with Gasteiger partial charge in [0.1, 0.15) is 6.04 Å². The maximum Gasteiger partial charge on any atom is 0.254 e. The zero-order chi connectivity index (χ0) is 34.1. The molecular formula is C36H47N5O6S. The summed E-state index contributed by atoms with van der Waals surface area (Å²) in [5.74, 6) is 0.146. The monoisotopic (exact) mass is 677 g/mol. The molecule has 0 aromatic heterocycles. The number of hydrogen-bond acceptors (Lipinski definition) is 8. The Kier molecular flexibility index (Phi) is 12.1. The Balaban J connectivity index is 1.33. The molecule has 0 radical (unpaired) electrons. The van der Waals surface area contributed by atoms with Gasteiger partial charge >= 0.3 is 0 Å². The number of carbonyl (C=O) groups excluding carboxylic acids is 2. The van der Waals surface area contributed by atoms with Crippen molar-refractivity contribution in [3.05, 3.63) is 90.0 Å². The number of rotatable bonds is 13. The van der Waals surface area contributed by atoms with Crippen LogP contribution in [0.3, 0.4) is 0 Å². The molecule has 3 aromatic carbocycles. The predicted octanol–water partition coefficient (Wildman–Crippen LogP) is 3.92. The third kappa shape index (κ3) is 8.18. The average Bonchev–Trinajstić information content (AvgIpc) is 3.12. The van der Waals surface area contributed by atoms with Crippen molar-refractivity contribution in [2.24, 2.45) is 0 Å². The molecule has 1 N–H and O–H groups in total. The molecule has 2 fully saturated rings.